The Kier molecular flexibility index (Phi) is 4.38. The summed E-state index contributed by atoms with van der Waals surface area (Å²) >= 11 is 9.28. The highest BCUT2D eigenvalue weighted by molar-refractivity contribution is 9.11. The molecule has 3 rings (SSSR count). The van der Waals surface area contributed by atoms with E-state index >= 15 is 0 Å². The van der Waals surface area contributed by atoms with Crippen molar-refractivity contribution in [3.8, 4) is 11.5 Å². The van der Waals surface area contributed by atoms with Crippen molar-refractivity contribution in [1.29, 1.82) is 0 Å². The van der Waals surface area contributed by atoms with E-state index in [1.807, 2.05) is 17.4 Å². The predicted molar refractivity (Wildman–Crippen MR) is 89.6 cm³/mol. The minimum atomic E-state index is 0.165. The lowest BCUT2D eigenvalue weighted by molar-refractivity contribution is 0.171. The van der Waals surface area contributed by atoms with Crippen LogP contribution in [0, 0.1) is 0 Å². The molecule has 2 aromatic rings. The van der Waals surface area contributed by atoms with Crippen molar-refractivity contribution < 1.29 is 9.47 Å². The Balaban J connectivity index is 1.96. The van der Waals surface area contributed by atoms with Gasteiger partial charge in [0.15, 0.2) is 11.5 Å². The smallest absolute Gasteiger partial charge is 0.162 e. The Hall–Kier alpha value is -0.520. The van der Waals surface area contributed by atoms with E-state index in [2.05, 4.69) is 57.0 Å². The normalized spacial score (nSPS) is 15.2. The van der Waals surface area contributed by atoms with Crippen LogP contribution >= 0.6 is 43.2 Å². The van der Waals surface area contributed by atoms with E-state index in [1.165, 1.54) is 15.3 Å². The number of thiophene rings is 1. The van der Waals surface area contributed by atoms with Crippen molar-refractivity contribution in [3.63, 3.8) is 0 Å². The van der Waals surface area contributed by atoms with Gasteiger partial charge in [0.1, 0.15) is 13.2 Å². The van der Waals surface area contributed by atoms with Crippen LogP contribution in [0.1, 0.15) is 27.1 Å². The first kappa shape index (κ1) is 14.4. The molecule has 2 nitrogen and oxygen atoms in total. The summed E-state index contributed by atoms with van der Waals surface area (Å²) < 4.78 is 12.3. The molecular formula is C15H14Br2O2S. The number of benzene rings is 1. The van der Waals surface area contributed by atoms with Crippen LogP contribution in [-0.4, -0.2) is 13.2 Å². The molecule has 2 heterocycles. The van der Waals surface area contributed by atoms with Crippen LogP contribution in [0.5, 0.6) is 11.5 Å². The molecule has 106 valence electrons. The molecule has 1 aliphatic rings. The van der Waals surface area contributed by atoms with Crippen LogP contribution in [0.2, 0.25) is 0 Å². The fourth-order valence-corrected chi connectivity index (χ4v) is 4.77. The predicted octanol–water partition coefficient (Wildman–Crippen LogP) is 5.33. The highest BCUT2D eigenvalue weighted by atomic mass is 79.9. The summed E-state index contributed by atoms with van der Waals surface area (Å²) in [5.74, 6) is 1.64. The van der Waals surface area contributed by atoms with E-state index in [1.54, 1.807) is 0 Å². The average Bonchev–Trinajstić information content (AvgIpc) is 2.94. The Labute approximate surface area is 139 Å². The van der Waals surface area contributed by atoms with Gasteiger partial charge in [-0.05, 0) is 36.2 Å². The number of hydrogen-bond donors (Lipinski definition) is 0. The van der Waals surface area contributed by atoms with Crippen LogP contribution in [0.3, 0.4) is 0 Å². The summed E-state index contributed by atoms with van der Waals surface area (Å²) in [4.78, 5) is 2.87. The van der Waals surface area contributed by atoms with Gasteiger partial charge in [0.2, 0.25) is 0 Å². The van der Waals surface area contributed by atoms with Crippen molar-refractivity contribution in [2.75, 3.05) is 13.2 Å². The molecule has 0 fully saturated rings. The summed E-state index contributed by atoms with van der Waals surface area (Å²) in [6.07, 6.45) is 1.08. The third kappa shape index (κ3) is 2.76. The third-order valence-corrected chi connectivity index (χ3v) is 6.49. The molecule has 20 heavy (non-hydrogen) atoms. The quantitative estimate of drug-likeness (QED) is 0.628. The third-order valence-electron chi connectivity index (χ3n) is 3.22. The molecular weight excluding hydrogens is 404 g/mol. The molecule has 0 amide bonds. The SMILES string of the molecule is CCc1ccc(C(Br)c2cc3c(cc2Br)OCCO3)s1. The standard InChI is InChI=1S/C15H14Br2O2S/c1-2-9-3-4-14(20-9)15(17)10-7-12-13(8-11(10)16)19-6-5-18-12/h3-4,7-8,15H,2,5-6H2,1H3. The largest absolute Gasteiger partial charge is 0.486 e. The van der Waals surface area contributed by atoms with E-state index < -0.39 is 0 Å². The summed E-state index contributed by atoms with van der Waals surface area (Å²) in [5.41, 5.74) is 1.17. The van der Waals surface area contributed by atoms with Gasteiger partial charge in [-0.25, -0.2) is 0 Å². The van der Waals surface area contributed by atoms with Gasteiger partial charge < -0.3 is 9.47 Å². The molecule has 1 aromatic heterocycles. The Bertz CT molecular complexity index is 624. The highest BCUT2D eigenvalue weighted by Crippen LogP contribution is 2.44. The molecule has 5 heteroatoms. The van der Waals surface area contributed by atoms with Crippen LogP contribution in [-0.2, 0) is 6.42 Å². The van der Waals surface area contributed by atoms with E-state index in [-0.39, 0.29) is 4.83 Å². The molecule has 0 spiro atoms. The highest BCUT2D eigenvalue weighted by Gasteiger charge is 2.21. The summed E-state index contributed by atoms with van der Waals surface area (Å²) in [5, 5.41) is 0. The zero-order valence-electron chi connectivity index (χ0n) is 11.0. The fraction of sp³-hybridized carbons (Fsp3) is 0.333. The molecule has 0 saturated heterocycles. The zero-order chi connectivity index (χ0) is 14.1. The van der Waals surface area contributed by atoms with Crippen molar-refractivity contribution in [3.05, 3.63) is 44.1 Å². The second-order valence-corrected chi connectivity index (χ2v) is 7.51. The lowest BCUT2D eigenvalue weighted by Gasteiger charge is -2.21. The summed E-state index contributed by atoms with van der Waals surface area (Å²) in [7, 11) is 0. The van der Waals surface area contributed by atoms with Crippen molar-refractivity contribution in [2.45, 2.75) is 18.2 Å². The maximum absolute atomic E-state index is 5.67. The van der Waals surface area contributed by atoms with Gasteiger partial charge in [-0.15, -0.1) is 11.3 Å². The Morgan fingerprint density at radius 1 is 1.20 bits per heavy atom. The lowest BCUT2D eigenvalue weighted by Crippen LogP contribution is -2.15. The van der Waals surface area contributed by atoms with Gasteiger partial charge in [0.05, 0.1) is 4.83 Å². The number of aryl methyl sites for hydroxylation is 1. The van der Waals surface area contributed by atoms with E-state index in [9.17, 15) is 0 Å². The molecule has 1 aliphatic heterocycles. The van der Waals surface area contributed by atoms with Crippen LogP contribution < -0.4 is 9.47 Å². The van der Waals surface area contributed by atoms with Crippen LogP contribution in [0.4, 0.5) is 0 Å². The minimum Gasteiger partial charge on any atom is -0.486 e. The van der Waals surface area contributed by atoms with Gasteiger partial charge >= 0.3 is 0 Å². The molecule has 0 bridgehead atoms. The Morgan fingerprint density at radius 3 is 2.55 bits per heavy atom. The van der Waals surface area contributed by atoms with Crippen molar-refractivity contribution >= 4 is 43.2 Å². The molecule has 0 radical (unpaired) electrons. The van der Waals surface area contributed by atoms with Gasteiger partial charge in [-0.1, -0.05) is 38.8 Å². The average molecular weight is 418 g/mol. The van der Waals surface area contributed by atoms with E-state index in [0.717, 1.165) is 22.4 Å². The fourth-order valence-electron chi connectivity index (χ4n) is 2.15. The van der Waals surface area contributed by atoms with Gasteiger partial charge in [-0.2, -0.15) is 0 Å². The van der Waals surface area contributed by atoms with Gasteiger partial charge in [0.25, 0.3) is 0 Å². The summed E-state index contributed by atoms with van der Waals surface area (Å²) in [6, 6.07) is 8.43. The minimum absolute atomic E-state index is 0.165. The molecule has 0 saturated carbocycles. The molecule has 0 N–H and O–H groups in total. The maximum Gasteiger partial charge on any atom is 0.162 e. The molecule has 1 unspecified atom stereocenters. The first-order valence-electron chi connectivity index (χ1n) is 6.50. The molecule has 1 aromatic carbocycles. The zero-order valence-corrected chi connectivity index (χ0v) is 15.0. The molecule has 1 atom stereocenters. The van der Waals surface area contributed by atoms with Crippen LogP contribution in [0.25, 0.3) is 0 Å². The first-order valence-corrected chi connectivity index (χ1v) is 9.03. The van der Waals surface area contributed by atoms with Crippen molar-refractivity contribution in [1.82, 2.24) is 0 Å². The number of ether oxygens (including phenoxy) is 2. The monoisotopic (exact) mass is 416 g/mol. The van der Waals surface area contributed by atoms with Gasteiger partial charge in [-0.3, -0.25) is 0 Å². The molecule has 0 aliphatic carbocycles. The van der Waals surface area contributed by atoms with Gasteiger partial charge in [0, 0.05) is 14.2 Å². The lowest BCUT2D eigenvalue weighted by atomic mass is 10.1. The number of halogens is 2. The second-order valence-electron chi connectivity index (χ2n) is 4.54. The first-order chi connectivity index (χ1) is 9.69. The number of fused-ring (bicyclic) bond motifs is 1. The summed E-state index contributed by atoms with van der Waals surface area (Å²) in [6.45, 7) is 3.40. The second kappa shape index (κ2) is 6.08. The van der Waals surface area contributed by atoms with E-state index in [0.29, 0.717) is 13.2 Å². The number of rotatable bonds is 3. The Morgan fingerprint density at radius 2 is 1.90 bits per heavy atom. The topological polar surface area (TPSA) is 18.5 Å². The van der Waals surface area contributed by atoms with Crippen molar-refractivity contribution in [2.24, 2.45) is 0 Å². The number of hydrogen-bond acceptors (Lipinski definition) is 3. The number of alkyl halides is 1. The van der Waals surface area contributed by atoms with E-state index in [4.69, 9.17) is 9.47 Å². The maximum atomic E-state index is 5.67. The van der Waals surface area contributed by atoms with Crippen LogP contribution in [0.15, 0.2) is 28.7 Å².